The van der Waals surface area contributed by atoms with Gasteiger partial charge in [-0.3, -0.25) is 0 Å². The molecule has 0 amide bonds. The highest BCUT2D eigenvalue weighted by Gasteiger charge is 2.29. The van der Waals surface area contributed by atoms with Crippen LogP contribution in [0.4, 0.5) is 0 Å². The van der Waals surface area contributed by atoms with Gasteiger partial charge in [-0.1, -0.05) is 50.2 Å². The summed E-state index contributed by atoms with van der Waals surface area (Å²) in [6.45, 7) is 10.1. The average Bonchev–Trinajstić information content (AvgIpc) is 3.45. The molecule has 0 saturated carbocycles. The Hall–Kier alpha value is -1.88. The summed E-state index contributed by atoms with van der Waals surface area (Å²) in [5.41, 5.74) is 3.19. The van der Waals surface area contributed by atoms with Crippen molar-refractivity contribution in [1.82, 2.24) is 0 Å². The van der Waals surface area contributed by atoms with Gasteiger partial charge in [0.25, 0.3) is 0 Å². The molecule has 0 aromatic heterocycles. The minimum atomic E-state index is -0.325. The third-order valence-electron chi connectivity index (χ3n) is 5.05. The van der Waals surface area contributed by atoms with E-state index in [0.717, 1.165) is 6.61 Å². The molecule has 0 radical (unpaired) electrons. The molecule has 0 bridgehead atoms. The van der Waals surface area contributed by atoms with Crippen LogP contribution in [0, 0.1) is 0 Å². The zero-order valence-electron chi connectivity index (χ0n) is 15.4. The van der Waals surface area contributed by atoms with Crippen molar-refractivity contribution in [2.75, 3.05) is 13.2 Å². The molecule has 0 aliphatic carbocycles. The summed E-state index contributed by atoms with van der Waals surface area (Å²) in [7, 11) is 0. The van der Waals surface area contributed by atoms with Gasteiger partial charge in [-0.2, -0.15) is 5.90 Å². The standard InChI is InChI=1S/C21H27NO3/c1-20(2,16-9-11-18(25-22)12-10-16)15-5-7-17(8-6-15)21(3,4)24-14-19-13-23-19/h5-12,19H,13-14,22H2,1-4H3. The molecular weight excluding hydrogens is 314 g/mol. The minimum Gasteiger partial charge on any atom is -0.412 e. The van der Waals surface area contributed by atoms with Crippen LogP contribution < -0.4 is 10.7 Å². The van der Waals surface area contributed by atoms with Crippen LogP contribution in [0.5, 0.6) is 5.75 Å². The summed E-state index contributed by atoms with van der Waals surface area (Å²) in [6, 6.07) is 16.6. The summed E-state index contributed by atoms with van der Waals surface area (Å²) >= 11 is 0. The van der Waals surface area contributed by atoms with Gasteiger partial charge in [-0.25, -0.2) is 0 Å². The van der Waals surface area contributed by atoms with Crippen molar-refractivity contribution in [2.24, 2.45) is 5.90 Å². The third-order valence-corrected chi connectivity index (χ3v) is 5.05. The van der Waals surface area contributed by atoms with Gasteiger partial charge in [0.2, 0.25) is 0 Å². The maximum atomic E-state index is 6.02. The highest BCUT2D eigenvalue weighted by Crippen LogP contribution is 2.34. The van der Waals surface area contributed by atoms with E-state index in [2.05, 4.69) is 64.1 Å². The fraction of sp³-hybridized carbons (Fsp3) is 0.429. The van der Waals surface area contributed by atoms with Crippen LogP contribution in [0.1, 0.15) is 44.4 Å². The van der Waals surface area contributed by atoms with Crippen molar-refractivity contribution in [2.45, 2.75) is 44.8 Å². The summed E-state index contributed by atoms with van der Waals surface area (Å²) in [5.74, 6) is 5.87. The predicted molar refractivity (Wildman–Crippen MR) is 98.5 cm³/mol. The van der Waals surface area contributed by atoms with Crippen molar-refractivity contribution < 1.29 is 14.3 Å². The van der Waals surface area contributed by atoms with Crippen LogP contribution in [0.3, 0.4) is 0 Å². The lowest BCUT2D eigenvalue weighted by Crippen LogP contribution is -2.24. The number of epoxide rings is 1. The number of hydrogen-bond acceptors (Lipinski definition) is 4. The van der Waals surface area contributed by atoms with Crippen molar-refractivity contribution in [3.8, 4) is 5.75 Å². The summed E-state index contributed by atoms with van der Waals surface area (Å²) in [5, 5.41) is 0. The molecule has 1 heterocycles. The van der Waals surface area contributed by atoms with E-state index < -0.39 is 0 Å². The van der Waals surface area contributed by atoms with E-state index in [1.807, 2.05) is 12.1 Å². The molecule has 0 spiro atoms. The zero-order valence-corrected chi connectivity index (χ0v) is 15.4. The van der Waals surface area contributed by atoms with Gasteiger partial charge in [-0.05, 0) is 42.7 Å². The lowest BCUT2D eigenvalue weighted by Gasteiger charge is -2.29. The van der Waals surface area contributed by atoms with Crippen molar-refractivity contribution in [1.29, 1.82) is 0 Å². The highest BCUT2D eigenvalue weighted by atomic mass is 16.6. The van der Waals surface area contributed by atoms with E-state index in [4.69, 9.17) is 20.2 Å². The second-order valence-corrected chi connectivity index (χ2v) is 7.62. The van der Waals surface area contributed by atoms with Gasteiger partial charge >= 0.3 is 0 Å². The van der Waals surface area contributed by atoms with Crippen LogP contribution in [-0.4, -0.2) is 19.3 Å². The second-order valence-electron chi connectivity index (χ2n) is 7.62. The highest BCUT2D eigenvalue weighted by molar-refractivity contribution is 5.41. The molecule has 1 aliphatic rings. The Morgan fingerprint density at radius 2 is 1.40 bits per heavy atom. The quantitative estimate of drug-likeness (QED) is 0.613. The Balaban J connectivity index is 1.77. The predicted octanol–water partition coefficient (Wildman–Crippen LogP) is 3.92. The normalized spacial score (nSPS) is 17.4. The van der Waals surface area contributed by atoms with Crippen molar-refractivity contribution in [3.63, 3.8) is 0 Å². The molecule has 2 aromatic rings. The van der Waals surface area contributed by atoms with Crippen LogP contribution in [0.15, 0.2) is 48.5 Å². The molecule has 25 heavy (non-hydrogen) atoms. The molecule has 3 rings (SSSR count). The molecule has 1 saturated heterocycles. The molecule has 1 unspecified atom stereocenters. The summed E-state index contributed by atoms with van der Waals surface area (Å²) in [4.78, 5) is 4.76. The van der Waals surface area contributed by atoms with E-state index >= 15 is 0 Å². The maximum Gasteiger partial charge on any atom is 0.146 e. The molecule has 4 nitrogen and oxygen atoms in total. The Morgan fingerprint density at radius 3 is 1.88 bits per heavy atom. The minimum absolute atomic E-state index is 0.113. The second kappa shape index (κ2) is 6.79. The number of rotatable bonds is 7. The monoisotopic (exact) mass is 341 g/mol. The fourth-order valence-corrected chi connectivity index (χ4v) is 2.95. The summed E-state index contributed by atoms with van der Waals surface area (Å²) in [6.07, 6.45) is 0.276. The first-order chi connectivity index (χ1) is 11.8. The molecule has 1 atom stereocenters. The van der Waals surface area contributed by atoms with E-state index in [1.165, 1.54) is 16.7 Å². The van der Waals surface area contributed by atoms with Crippen LogP contribution in [0.25, 0.3) is 0 Å². The van der Waals surface area contributed by atoms with E-state index in [-0.39, 0.29) is 17.1 Å². The molecule has 4 heteroatoms. The molecule has 134 valence electrons. The number of benzene rings is 2. The maximum absolute atomic E-state index is 6.02. The first kappa shape index (κ1) is 17.9. The van der Waals surface area contributed by atoms with E-state index in [9.17, 15) is 0 Å². The SMILES string of the molecule is CC(C)(OCC1CO1)c1ccc(C(C)(C)c2ccc(ON)cc2)cc1. The van der Waals surface area contributed by atoms with Crippen LogP contribution in [-0.2, 0) is 20.5 Å². The lowest BCUT2D eigenvalue weighted by atomic mass is 9.77. The Morgan fingerprint density at radius 1 is 0.920 bits per heavy atom. The van der Waals surface area contributed by atoms with Gasteiger partial charge in [0.05, 0.1) is 18.8 Å². The van der Waals surface area contributed by atoms with Gasteiger partial charge in [-0.15, -0.1) is 0 Å². The average molecular weight is 341 g/mol. The molecular formula is C21H27NO3. The Labute approximate surface area is 149 Å². The van der Waals surface area contributed by atoms with Gasteiger partial charge in [0, 0.05) is 5.41 Å². The summed E-state index contributed by atoms with van der Waals surface area (Å²) < 4.78 is 11.3. The lowest BCUT2D eigenvalue weighted by molar-refractivity contribution is -0.0285. The van der Waals surface area contributed by atoms with Crippen molar-refractivity contribution >= 4 is 0 Å². The topological polar surface area (TPSA) is 57.0 Å². The Kier molecular flexibility index (Phi) is 4.87. The van der Waals surface area contributed by atoms with Gasteiger partial charge in [0.1, 0.15) is 11.9 Å². The van der Waals surface area contributed by atoms with Crippen molar-refractivity contribution in [3.05, 3.63) is 65.2 Å². The molecule has 2 aromatic carbocycles. The smallest absolute Gasteiger partial charge is 0.146 e. The van der Waals surface area contributed by atoms with Gasteiger partial charge < -0.3 is 14.3 Å². The van der Waals surface area contributed by atoms with E-state index in [0.29, 0.717) is 12.4 Å². The fourth-order valence-electron chi connectivity index (χ4n) is 2.95. The molecule has 2 N–H and O–H groups in total. The largest absolute Gasteiger partial charge is 0.412 e. The zero-order chi connectivity index (χ0) is 18.1. The van der Waals surface area contributed by atoms with Gasteiger partial charge in [0.15, 0.2) is 0 Å². The van der Waals surface area contributed by atoms with E-state index in [1.54, 1.807) is 0 Å². The van der Waals surface area contributed by atoms with Crippen LogP contribution in [0.2, 0.25) is 0 Å². The van der Waals surface area contributed by atoms with Crippen LogP contribution >= 0.6 is 0 Å². The number of hydrogen-bond donors (Lipinski definition) is 1. The first-order valence-electron chi connectivity index (χ1n) is 8.67. The molecule has 1 aliphatic heterocycles. The number of nitrogens with two attached hydrogens (primary N) is 1. The number of ether oxygens (including phenoxy) is 2. The Bertz CT molecular complexity index is 701. The third kappa shape index (κ3) is 4.03. The molecule has 1 fully saturated rings. The first-order valence-corrected chi connectivity index (χ1v) is 8.67.